The van der Waals surface area contributed by atoms with Crippen molar-refractivity contribution in [3.05, 3.63) is 40.4 Å². The van der Waals surface area contributed by atoms with E-state index >= 15 is 0 Å². The largest absolute Gasteiger partial charge is 0.391 e. The summed E-state index contributed by atoms with van der Waals surface area (Å²) in [6.45, 7) is 3.00. The van der Waals surface area contributed by atoms with Crippen molar-refractivity contribution in [1.82, 2.24) is 4.98 Å². The first-order chi connectivity index (χ1) is 9.26. The Balaban J connectivity index is 2.31. The lowest BCUT2D eigenvalue weighted by molar-refractivity contribution is 0.285. The van der Waals surface area contributed by atoms with Crippen molar-refractivity contribution in [2.45, 2.75) is 26.4 Å². The number of aliphatic hydroxyl groups is 1. The molecule has 1 aromatic carbocycles. The fourth-order valence-corrected chi connectivity index (χ4v) is 2.96. The number of hydrogen-bond acceptors (Lipinski definition) is 4. The molecule has 2 rings (SSSR count). The standard InChI is InChI=1S/C14H17ClN2OS/c1-2-3-9-17(11-7-5-4-6-8-11)14-16-13(15)12(10-18)19-14/h4-8,18H,2-3,9-10H2,1H3. The molecule has 0 aliphatic heterocycles. The zero-order valence-electron chi connectivity index (χ0n) is 10.8. The van der Waals surface area contributed by atoms with Crippen LogP contribution in [0, 0.1) is 0 Å². The first-order valence-electron chi connectivity index (χ1n) is 6.35. The summed E-state index contributed by atoms with van der Waals surface area (Å²) in [6.07, 6.45) is 2.20. The van der Waals surface area contributed by atoms with Crippen molar-refractivity contribution >= 4 is 33.8 Å². The maximum Gasteiger partial charge on any atom is 0.191 e. The van der Waals surface area contributed by atoms with Crippen LogP contribution in [0.15, 0.2) is 30.3 Å². The van der Waals surface area contributed by atoms with Gasteiger partial charge in [-0.1, -0.05) is 54.5 Å². The summed E-state index contributed by atoms with van der Waals surface area (Å²) in [5.41, 5.74) is 1.10. The third kappa shape index (κ3) is 3.47. The Bertz CT molecular complexity index is 515. The Morgan fingerprint density at radius 3 is 2.63 bits per heavy atom. The van der Waals surface area contributed by atoms with Gasteiger partial charge in [-0.15, -0.1) is 0 Å². The van der Waals surface area contributed by atoms with Crippen LogP contribution in [0.5, 0.6) is 0 Å². The molecule has 0 aliphatic carbocycles. The van der Waals surface area contributed by atoms with E-state index in [4.69, 9.17) is 11.6 Å². The van der Waals surface area contributed by atoms with Crippen LogP contribution < -0.4 is 4.90 Å². The van der Waals surface area contributed by atoms with Gasteiger partial charge in [0, 0.05) is 12.2 Å². The van der Waals surface area contributed by atoms with Gasteiger partial charge in [-0.25, -0.2) is 4.98 Å². The fourth-order valence-electron chi connectivity index (χ4n) is 1.79. The Kier molecular flexibility index (Phi) is 5.19. The summed E-state index contributed by atoms with van der Waals surface area (Å²) >= 11 is 7.47. The Labute approximate surface area is 122 Å². The minimum Gasteiger partial charge on any atom is -0.391 e. The van der Waals surface area contributed by atoms with Crippen LogP contribution in [0.2, 0.25) is 5.15 Å². The molecule has 0 fully saturated rings. The van der Waals surface area contributed by atoms with Crippen molar-refractivity contribution in [1.29, 1.82) is 0 Å². The molecular formula is C14H17ClN2OS. The molecule has 0 spiro atoms. The zero-order valence-corrected chi connectivity index (χ0v) is 12.4. The number of aliphatic hydroxyl groups excluding tert-OH is 1. The Hall–Kier alpha value is -1.10. The van der Waals surface area contributed by atoms with E-state index in [2.05, 4.69) is 28.9 Å². The third-order valence-electron chi connectivity index (χ3n) is 2.82. The second-order valence-electron chi connectivity index (χ2n) is 4.21. The summed E-state index contributed by atoms with van der Waals surface area (Å²) in [4.78, 5) is 7.23. The van der Waals surface area contributed by atoms with E-state index in [-0.39, 0.29) is 6.61 Å². The van der Waals surface area contributed by atoms with Crippen LogP contribution in [-0.2, 0) is 6.61 Å². The molecule has 0 saturated heterocycles. The summed E-state index contributed by atoms with van der Waals surface area (Å²) in [6, 6.07) is 10.1. The highest BCUT2D eigenvalue weighted by molar-refractivity contribution is 7.16. The number of nitrogens with zero attached hydrogens (tertiary/aromatic N) is 2. The molecule has 5 heteroatoms. The average Bonchev–Trinajstić information content (AvgIpc) is 2.81. The molecule has 0 radical (unpaired) electrons. The minimum atomic E-state index is -0.0626. The predicted octanol–water partition coefficient (Wildman–Crippen LogP) is 4.23. The lowest BCUT2D eigenvalue weighted by Gasteiger charge is -2.21. The third-order valence-corrected chi connectivity index (χ3v) is 4.30. The van der Waals surface area contributed by atoms with Gasteiger partial charge < -0.3 is 10.0 Å². The molecule has 0 saturated carbocycles. The molecule has 0 amide bonds. The van der Waals surface area contributed by atoms with E-state index in [1.165, 1.54) is 11.3 Å². The zero-order chi connectivity index (χ0) is 13.7. The summed E-state index contributed by atoms with van der Waals surface area (Å²) in [5.74, 6) is 0. The van der Waals surface area contributed by atoms with Crippen molar-refractivity contribution in [2.75, 3.05) is 11.4 Å². The quantitative estimate of drug-likeness (QED) is 0.867. The smallest absolute Gasteiger partial charge is 0.191 e. The lowest BCUT2D eigenvalue weighted by atomic mass is 10.2. The van der Waals surface area contributed by atoms with Crippen LogP contribution in [0.4, 0.5) is 10.8 Å². The molecule has 1 heterocycles. The monoisotopic (exact) mass is 296 g/mol. The maximum absolute atomic E-state index is 9.23. The van der Waals surface area contributed by atoms with Gasteiger partial charge in [0.15, 0.2) is 5.13 Å². The van der Waals surface area contributed by atoms with E-state index in [0.29, 0.717) is 10.0 Å². The number of aromatic nitrogens is 1. The normalized spacial score (nSPS) is 10.7. The molecular weight excluding hydrogens is 280 g/mol. The predicted molar refractivity (Wildman–Crippen MR) is 81.4 cm³/mol. The van der Waals surface area contributed by atoms with Crippen LogP contribution in [0.25, 0.3) is 0 Å². The summed E-state index contributed by atoms with van der Waals surface area (Å²) < 4.78 is 0. The molecule has 0 aliphatic rings. The Morgan fingerprint density at radius 2 is 2.05 bits per heavy atom. The molecule has 19 heavy (non-hydrogen) atoms. The number of unbranched alkanes of at least 4 members (excludes halogenated alkanes) is 1. The highest BCUT2D eigenvalue weighted by atomic mass is 35.5. The van der Waals surface area contributed by atoms with E-state index in [1.54, 1.807) is 0 Å². The number of halogens is 1. The molecule has 0 bridgehead atoms. The van der Waals surface area contributed by atoms with E-state index in [1.807, 2.05) is 18.2 Å². The van der Waals surface area contributed by atoms with Crippen molar-refractivity contribution < 1.29 is 5.11 Å². The average molecular weight is 297 g/mol. The second-order valence-corrected chi connectivity index (χ2v) is 5.63. The van der Waals surface area contributed by atoms with Gasteiger partial charge in [-0.05, 0) is 18.6 Å². The summed E-state index contributed by atoms with van der Waals surface area (Å²) in [5, 5.41) is 10.5. The molecule has 3 nitrogen and oxygen atoms in total. The van der Waals surface area contributed by atoms with Crippen LogP contribution in [0.3, 0.4) is 0 Å². The van der Waals surface area contributed by atoms with E-state index in [0.717, 1.165) is 30.2 Å². The first kappa shape index (κ1) is 14.3. The molecule has 1 N–H and O–H groups in total. The molecule has 1 aromatic heterocycles. The van der Waals surface area contributed by atoms with Crippen molar-refractivity contribution in [3.63, 3.8) is 0 Å². The van der Waals surface area contributed by atoms with Crippen LogP contribution in [-0.4, -0.2) is 16.6 Å². The van der Waals surface area contributed by atoms with Crippen molar-refractivity contribution in [3.8, 4) is 0 Å². The van der Waals surface area contributed by atoms with Crippen LogP contribution >= 0.6 is 22.9 Å². The van der Waals surface area contributed by atoms with Gasteiger partial charge in [0.25, 0.3) is 0 Å². The van der Waals surface area contributed by atoms with E-state index < -0.39 is 0 Å². The summed E-state index contributed by atoms with van der Waals surface area (Å²) in [7, 11) is 0. The first-order valence-corrected chi connectivity index (χ1v) is 7.54. The Morgan fingerprint density at radius 1 is 1.32 bits per heavy atom. The lowest BCUT2D eigenvalue weighted by Crippen LogP contribution is -2.17. The number of thiazole rings is 1. The van der Waals surface area contributed by atoms with Gasteiger partial charge in [0.05, 0.1) is 11.5 Å². The molecule has 102 valence electrons. The van der Waals surface area contributed by atoms with Crippen molar-refractivity contribution in [2.24, 2.45) is 0 Å². The fraction of sp³-hybridized carbons (Fsp3) is 0.357. The SMILES string of the molecule is CCCCN(c1ccccc1)c1nc(Cl)c(CO)s1. The van der Waals surface area contributed by atoms with Gasteiger partial charge in [-0.3, -0.25) is 0 Å². The number of anilines is 2. The molecule has 2 aromatic rings. The number of benzene rings is 1. The molecule has 0 unspecified atom stereocenters. The van der Waals surface area contributed by atoms with Gasteiger partial charge >= 0.3 is 0 Å². The van der Waals surface area contributed by atoms with Gasteiger partial charge in [0.2, 0.25) is 0 Å². The van der Waals surface area contributed by atoms with E-state index in [9.17, 15) is 5.11 Å². The van der Waals surface area contributed by atoms with Gasteiger partial charge in [0.1, 0.15) is 5.15 Å². The van der Waals surface area contributed by atoms with Crippen LogP contribution in [0.1, 0.15) is 24.6 Å². The molecule has 0 atom stereocenters. The number of rotatable bonds is 6. The number of para-hydroxylation sites is 1. The minimum absolute atomic E-state index is 0.0626. The van der Waals surface area contributed by atoms with Gasteiger partial charge in [-0.2, -0.15) is 0 Å². The number of hydrogen-bond donors (Lipinski definition) is 1. The highest BCUT2D eigenvalue weighted by Gasteiger charge is 2.16. The topological polar surface area (TPSA) is 36.4 Å². The maximum atomic E-state index is 9.23. The highest BCUT2D eigenvalue weighted by Crippen LogP contribution is 2.34. The second kappa shape index (κ2) is 6.89.